The van der Waals surface area contributed by atoms with Crippen LogP contribution in [0.2, 0.25) is 0 Å². The second kappa shape index (κ2) is 22.2. The molecular weight excluding hydrogens is 833 g/mol. The molecule has 0 spiro atoms. The number of imide groups is 2. The molecule has 0 fully saturated rings. The minimum absolute atomic E-state index is 0.0591. The van der Waals surface area contributed by atoms with Crippen LogP contribution in [0.3, 0.4) is 0 Å². The van der Waals surface area contributed by atoms with E-state index in [1.54, 1.807) is 19.1 Å². The summed E-state index contributed by atoms with van der Waals surface area (Å²) in [5, 5.41) is 0.751. The Labute approximate surface area is 389 Å². The topological polar surface area (TPSA) is 99.7 Å². The van der Waals surface area contributed by atoms with E-state index in [1.807, 2.05) is 67.6 Å². The van der Waals surface area contributed by atoms with Gasteiger partial charge in [-0.1, -0.05) is 77.6 Å². The first-order valence-electron chi connectivity index (χ1n) is 23.9. The van der Waals surface area contributed by atoms with Crippen LogP contribution in [0.15, 0.2) is 72.8 Å². The van der Waals surface area contributed by atoms with Crippen molar-refractivity contribution in [3.05, 3.63) is 117 Å². The molecule has 7 rings (SSSR count). The monoisotopic (exact) mass is 898 g/mol. The predicted molar refractivity (Wildman–Crippen MR) is 262 cm³/mol. The van der Waals surface area contributed by atoms with E-state index in [2.05, 4.69) is 37.5 Å². The molecule has 2 aliphatic heterocycles. The molecule has 0 saturated heterocycles. The first kappa shape index (κ1) is 47.6. The number of aryl methyl sites for hydroxylation is 2. The Morgan fingerprint density at radius 1 is 0.492 bits per heavy atom. The maximum Gasteiger partial charge on any atom is 0.262 e. The number of benzene rings is 4. The van der Waals surface area contributed by atoms with Crippen LogP contribution in [0.1, 0.15) is 142 Å². The average Bonchev–Trinajstić information content (AvgIpc) is 3.76. The standard InChI is InChI=1S/C54H66N4O6S/c1-7-55(8-2)29-15-11-13-17-31-63-41-24-20-39(21-25-41)35-57-52(60)45-34-43(46-28-19-38(6)65-46)50-49-44(33-37(5)47(48(45)49)53(57)61)51(59)58(54(50)62)36-40-22-26-42(27-23-40)64-32-18-14-12-16-30-56(9-3)10-4/h19-28,33-34H,7-18,29-32,35-36H2,1-6H3. The molecule has 3 heterocycles. The molecule has 10 nitrogen and oxygen atoms in total. The fourth-order valence-electron chi connectivity index (χ4n) is 9.20. The van der Waals surface area contributed by atoms with Gasteiger partial charge in [0, 0.05) is 37.2 Å². The zero-order valence-corrected chi connectivity index (χ0v) is 40.1. The van der Waals surface area contributed by atoms with Crippen molar-refractivity contribution in [2.75, 3.05) is 52.5 Å². The lowest BCUT2D eigenvalue weighted by Gasteiger charge is -2.34. The van der Waals surface area contributed by atoms with Crippen LogP contribution in [-0.2, 0) is 13.1 Å². The Balaban J connectivity index is 1.06. The number of amides is 4. The summed E-state index contributed by atoms with van der Waals surface area (Å²) in [5.74, 6) is -0.317. The normalized spacial score (nSPS) is 13.6. The van der Waals surface area contributed by atoms with Crippen LogP contribution in [0.25, 0.3) is 21.2 Å². The van der Waals surface area contributed by atoms with E-state index in [4.69, 9.17) is 9.47 Å². The maximum absolute atomic E-state index is 14.8. The second-order valence-corrected chi connectivity index (χ2v) is 18.7. The van der Waals surface area contributed by atoms with Gasteiger partial charge < -0.3 is 19.3 Å². The van der Waals surface area contributed by atoms with Crippen LogP contribution >= 0.6 is 11.3 Å². The first-order valence-corrected chi connectivity index (χ1v) is 24.7. The number of carbonyl (C=O) groups is 4. The molecule has 0 saturated carbocycles. The molecule has 65 heavy (non-hydrogen) atoms. The molecule has 0 aliphatic carbocycles. The molecule has 0 unspecified atom stereocenters. The number of ether oxygens (including phenoxy) is 2. The van der Waals surface area contributed by atoms with Gasteiger partial charge in [0.25, 0.3) is 23.6 Å². The van der Waals surface area contributed by atoms with Gasteiger partial charge >= 0.3 is 0 Å². The van der Waals surface area contributed by atoms with Crippen LogP contribution in [0.4, 0.5) is 0 Å². The molecule has 2 aliphatic rings. The minimum Gasteiger partial charge on any atom is -0.494 e. The van der Waals surface area contributed by atoms with Crippen LogP contribution in [0.5, 0.6) is 11.5 Å². The summed E-state index contributed by atoms with van der Waals surface area (Å²) in [6, 6.07) is 22.6. The van der Waals surface area contributed by atoms with Crippen molar-refractivity contribution in [1.82, 2.24) is 19.6 Å². The Kier molecular flexibility index (Phi) is 16.3. The Hall–Kier alpha value is -5.36. The zero-order chi connectivity index (χ0) is 46.0. The highest BCUT2D eigenvalue weighted by Crippen LogP contribution is 2.45. The highest BCUT2D eigenvalue weighted by molar-refractivity contribution is 7.15. The molecular formula is C54H66N4O6S. The summed E-state index contributed by atoms with van der Waals surface area (Å²) in [6.45, 7) is 20.6. The van der Waals surface area contributed by atoms with E-state index >= 15 is 0 Å². The molecule has 5 aromatic rings. The minimum atomic E-state index is -0.457. The van der Waals surface area contributed by atoms with Crippen molar-refractivity contribution in [3.8, 4) is 21.9 Å². The van der Waals surface area contributed by atoms with Gasteiger partial charge in [-0.25, -0.2) is 0 Å². The number of carbonyl (C=O) groups excluding carboxylic acids is 4. The zero-order valence-electron chi connectivity index (χ0n) is 39.3. The fourth-order valence-corrected chi connectivity index (χ4v) is 10.1. The largest absolute Gasteiger partial charge is 0.494 e. The molecule has 1 aromatic heterocycles. The lowest BCUT2D eigenvalue weighted by atomic mass is 9.81. The third kappa shape index (κ3) is 10.9. The van der Waals surface area contributed by atoms with Crippen LogP contribution in [-0.4, -0.2) is 95.7 Å². The number of hydrogen-bond donors (Lipinski definition) is 0. The van der Waals surface area contributed by atoms with Gasteiger partial charge in [-0.05, 0) is 144 Å². The smallest absolute Gasteiger partial charge is 0.262 e. The van der Waals surface area contributed by atoms with Crippen molar-refractivity contribution in [2.24, 2.45) is 0 Å². The number of nitrogens with zero attached hydrogens (tertiary/aromatic N) is 4. The molecule has 11 heteroatoms. The van der Waals surface area contributed by atoms with Crippen molar-refractivity contribution in [2.45, 2.75) is 106 Å². The molecule has 4 amide bonds. The van der Waals surface area contributed by atoms with E-state index in [9.17, 15) is 19.2 Å². The highest BCUT2D eigenvalue weighted by atomic mass is 32.1. The van der Waals surface area contributed by atoms with Crippen molar-refractivity contribution in [1.29, 1.82) is 0 Å². The van der Waals surface area contributed by atoms with E-state index < -0.39 is 23.6 Å². The van der Waals surface area contributed by atoms with Gasteiger partial charge in [0.1, 0.15) is 11.5 Å². The van der Waals surface area contributed by atoms with E-state index in [1.165, 1.54) is 46.8 Å². The second-order valence-electron chi connectivity index (χ2n) is 17.4. The molecule has 344 valence electrons. The molecule has 0 bridgehead atoms. The van der Waals surface area contributed by atoms with E-state index in [0.29, 0.717) is 57.4 Å². The molecule has 4 aromatic carbocycles. The number of hydrogen-bond acceptors (Lipinski definition) is 9. The molecule has 0 radical (unpaired) electrons. The Bertz CT molecular complexity index is 2470. The van der Waals surface area contributed by atoms with Crippen molar-refractivity contribution in [3.63, 3.8) is 0 Å². The van der Waals surface area contributed by atoms with Gasteiger partial charge in [-0.3, -0.25) is 29.0 Å². The summed E-state index contributed by atoms with van der Waals surface area (Å²) in [7, 11) is 0. The lowest BCUT2D eigenvalue weighted by Crippen LogP contribution is -2.43. The number of thiophene rings is 1. The van der Waals surface area contributed by atoms with Crippen LogP contribution in [0, 0.1) is 13.8 Å². The number of rotatable bonds is 25. The fraction of sp³-hybridized carbons (Fsp3) is 0.444. The SMILES string of the molecule is CCN(CC)CCCCCCOc1ccc(CN2C(=O)c3cc(-c4ccc(C)s4)c4c5c(cc(C)c(c35)C2=O)C(=O)N(Cc2ccc(OCCCCCCN(CC)CC)cc2)C4=O)cc1. The number of unbranched alkanes of at least 4 members (excludes halogenated alkanes) is 6. The lowest BCUT2D eigenvalue weighted by molar-refractivity contribution is 0.0577. The quantitative estimate of drug-likeness (QED) is 0.0422. The van der Waals surface area contributed by atoms with Gasteiger partial charge in [0.2, 0.25) is 0 Å². The third-order valence-electron chi connectivity index (χ3n) is 13.1. The highest BCUT2D eigenvalue weighted by Gasteiger charge is 2.42. The van der Waals surface area contributed by atoms with Crippen molar-refractivity contribution >= 4 is 45.7 Å². The van der Waals surface area contributed by atoms with Gasteiger partial charge in [-0.15, -0.1) is 11.3 Å². The molecule has 0 N–H and O–H groups in total. The van der Waals surface area contributed by atoms with E-state index in [-0.39, 0.29) is 13.1 Å². The average molecular weight is 899 g/mol. The molecule has 0 atom stereocenters. The summed E-state index contributed by atoms with van der Waals surface area (Å²) in [5.41, 5.74) is 4.03. The van der Waals surface area contributed by atoms with Crippen LogP contribution < -0.4 is 9.47 Å². The summed E-state index contributed by atoms with van der Waals surface area (Å²) in [6.07, 6.45) is 8.94. The van der Waals surface area contributed by atoms with Gasteiger partial charge in [0.15, 0.2) is 0 Å². The Morgan fingerprint density at radius 3 is 1.40 bits per heavy atom. The predicted octanol–water partition coefficient (Wildman–Crippen LogP) is 11.3. The van der Waals surface area contributed by atoms with E-state index in [0.717, 1.165) is 97.3 Å². The summed E-state index contributed by atoms with van der Waals surface area (Å²) >= 11 is 1.52. The van der Waals surface area contributed by atoms with Gasteiger partial charge in [0.05, 0.1) is 37.4 Å². The van der Waals surface area contributed by atoms with Gasteiger partial charge in [-0.2, -0.15) is 0 Å². The maximum atomic E-state index is 14.8. The summed E-state index contributed by atoms with van der Waals surface area (Å²) in [4.78, 5) is 67.6. The Morgan fingerprint density at radius 2 is 0.938 bits per heavy atom. The first-order chi connectivity index (χ1) is 31.6. The summed E-state index contributed by atoms with van der Waals surface area (Å²) < 4.78 is 12.1. The van der Waals surface area contributed by atoms with Crippen molar-refractivity contribution < 1.29 is 28.7 Å². The third-order valence-corrected chi connectivity index (χ3v) is 14.1.